The van der Waals surface area contributed by atoms with Gasteiger partial charge in [0.25, 0.3) is 0 Å². The molecule has 9 aromatic rings. The average Bonchev–Trinajstić information content (AvgIpc) is 3.79. The lowest BCUT2D eigenvalue weighted by molar-refractivity contribution is 1.06. The van der Waals surface area contributed by atoms with Crippen molar-refractivity contribution in [3.8, 4) is 56.9 Å². The Kier molecular flexibility index (Phi) is 6.68. The topological polar surface area (TPSA) is 61.4 Å². The number of aromatic nitrogens is 6. The predicted molar refractivity (Wildman–Crippen MR) is 193 cm³/mol. The largest absolute Gasteiger partial charge is 0.309 e. The molecule has 0 saturated carbocycles. The number of nitrogens with zero attached hydrogens (tertiary/aromatic N) is 6. The quantitative estimate of drug-likeness (QED) is 0.187. The molecule has 6 heteroatoms. The summed E-state index contributed by atoms with van der Waals surface area (Å²) >= 11 is 0. The maximum atomic E-state index is 4.88. The summed E-state index contributed by atoms with van der Waals surface area (Å²) in [4.78, 5) is 19.3. The van der Waals surface area contributed by atoms with E-state index in [4.69, 9.17) is 19.9 Å². The number of benzene rings is 6. The summed E-state index contributed by atoms with van der Waals surface area (Å²) in [7, 11) is 0. The standard InChI is InChI=1S/C42H28N6/c1-3-11-29(12-4-1)39-44-40(30-13-5-2-6-14-30)46-41(45-39)31-19-23-33(24-20-31)47-28-27-43-42(47)32-21-25-34(26-22-32)48-37-17-9-7-15-35(37)36-16-8-10-18-38(36)48/h1-28H. The molecule has 0 N–H and O–H groups in total. The van der Waals surface area contributed by atoms with Gasteiger partial charge in [-0.1, -0.05) is 97.1 Å². The lowest BCUT2D eigenvalue weighted by atomic mass is 10.1. The predicted octanol–water partition coefficient (Wildman–Crippen LogP) is 9.82. The molecule has 0 aliphatic carbocycles. The Labute approximate surface area is 277 Å². The van der Waals surface area contributed by atoms with Crippen molar-refractivity contribution in [2.24, 2.45) is 0 Å². The van der Waals surface area contributed by atoms with E-state index in [1.807, 2.05) is 73.1 Å². The highest BCUT2D eigenvalue weighted by molar-refractivity contribution is 6.09. The van der Waals surface area contributed by atoms with Crippen molar-refractivity contribution >= 4 is 21.8 Å². The first-order valence-corrected chi connectivity index (χ1v) is 15.9. The van der Waals surface area contributed by atoms with Gasteiger partial charge in [0.05, 0.1) is 11.0 Å². The van der Waals surface area contributed by atoms with E-state index in [9.17, 15) is 0 Å². The first kappa shape index (κ1) is 27.6. The second kappa shape index (κ2) is 11.6. The van der Waals surface area contributed by atoms with Crippen LogP contribution in [0.3, 0.4) is 0 Å². The Hall–Kier alpha value is -6.66. The molecule has 0 radical (unpaired) electrons. The molecule has 6 aromatic carbocycles. The first-order chi connectivity index (χ1) is 23.8. The van der Waals surface area contributed by atoms with Crippen LogP contribution in [-0.2, 0) is 0 Å². The van der Waals surface area contributed by atoms with Crippen LogP contribution in [0.1, 0.15) is 0 Å². The first-order valence-electron chi connectivity index (χ1n) is 15.9. The Morgan fingerprint density at radius 3 is 1.35 bits per heavy atom. The number of hydrogen-bond donors (Lipinski definition) is 0. The molecule has 0 atom stereocenters. The van der Waals surface area contributed by atoms with Gasteiger partial charge in [0, 0.05) is 56.8 Å². The lowest BCUT2D eigenvalue weighted by Gasteiger charge is -2.12. The van der Waals surface area contributed by atoms with Crippen LogP contribution in [-0.4, -0.2) is 29.1 Å². The molecule has 226 valence electrons. The summed E-state index contributed by atoms with van der Waals surface area (Å²) < 4.78 is 4.44. The van der Waals surface area contributed by atoms with E-state index >= 15 is 0 Å². The van der Waals surface area contributed by atoms with E-state index < -0.39 is 0 Å². The molecule has 0 amide bonds. The molecule has 0 aliphatic heterocycles. The SMILES string of the molecule is c1ccc(-c2nc(-c3ccccc3)nc(-c3ccc(-n4ccnc4-c4ccc(-n5c6ccccc6c6ccccc65)cc4)cc3)n2)cc1. The van der Waals surface area contributed by atoms with Crippen LogP contribution in [0.25, 0.3) is 78.7 Å². The summed E-state index contributed by atoms with van der Waals surface area (Å²) in [6.07, 6.45) is 3.84. The number of para-hydroxylation sites is 2. The molecule has 0 spiro atoms. The van der Waals surface area contributed by atoms with Crippen LogP contribution >= 0.6 is 0 Å². The smallest absolute Gasteiger partial charge is 0.164 e. The number of imidazole rings is 1. The minimum atomic E-state index is 0.626. The molecule has 0 aliphatic rings. The molecule has 0 saturated heterocycles. The average molecular weight is 617 g/mol. The van der Waals surface area contributed by atoms with Gasteiger partial charge < -0.3 is 4.57 Å². The minimum absolute atomic E-state index is 0.626. The summed E-state index contributed by atoms with van der Waals surface area (Å²) in [5.74, 6) is 2.78. The Bertz CT molecular complexity index is 2420. The van der Waals surface area contributed by atoms with Crippen LogP contribution in [0.5, 0.6) is 0 Å². The molecule has 0 bridgehead atoms. The van der Waals surface area contributed by atoms with Crippen LogP contribution in [0.4, 0.5) is 0 Å². The van der Waals surface area contributed by atoms with Gasteiger partial charge in [-0.05, 0) is 60.7 Å². The van der Waals surface area contributed by atoms with Gasteiger partial charge in [0.2, 0.25) is 0 Å². The number of hydrogen-bond acceptors (Lipinski definition) is 4. The molecular weight excluding hydrogens is 589 g/mol. The molecule has 0 unspecified atom stereocenters. The fourth-order valence-electron chi connectivity index (χ4n) is 6.39. The maximum Gasteiger partial charge on any atom is 0.164 e. The minimum Gasteiger partial charge on any atom is -0.309 e. The van der Waals surface area contributed by atoms with E-state index in [-0.39, 0.29) is 0 Å². The van der Waals surface area contributed by atoms with Crippen molar-refractivity contribution in [1.82, 2.24) is 29.1 Å². The molecule has 3 heterocycles. The normalized spacial score (nSPS) is 11.3. The monoisotopic (exact) mass is 616 g/mol. The summed E-state index contributed by atoms with van der Waals surface area (Å²) in [5.41, 5.74) is 8.33. The molecule has 3 aromatic heterocycles. The fraction of sp³-hybridized carbons (Fsp3) is 0. The highest BCUT2D eigenvalue weighted by atomic mass is 15.1. The van der Waals surface area contributed by atoms with Crippen LogP contribution in [0, 0.1) is 0 Å². The van der Waals surface area contributed by atoms with Crippen molar-refractivity contribution in [1.29, 1.82) is 0 Å². The molecule has 6 nitrogen and oxygen atoms in total. The van der Waals surface area contributed by atoms with Gasteiger partial charge in [-0.2, -0.15) is 0 Å². The van der Waals surface area contributed by atoms with Gasteiger partial charge in [0.1, 0.15) is 5.82 Å². The molecule has 9 rings (SSSR count). The third kappa shape index (κ3) is 4.84. The summed E-state index contributed by atoms with van der Waals surface area (Å²) in [6.45, 7) is 0. The molecular formula is C42H28N6. The maximum absolute atomic E-state index is 4.88. The second-order valence-corrected chi connectivity index (χ2v) is 11.6. The van der Waals surface area contributed by atoms with Gasteiger partial charge in [-0.15, -0.1) is 0 Å². The van der Waals surface area contributed by atoms with E-state index in [1.165, 1.54) is 21.8 Å². The van der Waals surface area contributed by atoms with E-state index in [0.717, 1.165) is 39.5 Å². The highest BCUT2D eigenvalue weighted by Gasteiger charge is 2.15. The summed E-state index contributed by atoms with van der Waals surface area (Å²) in [6, 6.07) is 54.1. The van der Waals surface area contributed by atoms with Crippen molar-refractivity contribution in [3.63, 3.8) is 0 Å². The zero-order valence-electron chi connectivity index (χ0n) is 25.8. The highest BCUT2D eigenvalue weighted by Crippen LogP contribution is 2.33. The third-order valence-corrected chi connectivity index (χ3v) is 8.71. The van der Waals surface area contributed by atoms with Gasteiger partial charge >= 0.3 is 0 Å². The van der Waals surface area contributed by atoms with Crippen molar-refractivity contribution < 1.29 is 0 Å². The number of rotatable bonds is 6. The van der Waals surface area contributed by atoms with Crippen LogP contribution in [0.2, 0.25) is 0 Å². The zero-order valence-corrected chi connectivity index (χ0v) is 25.8. The number of fused-ring (bicyclic) bond motifs is 3. The second-order valence-electron chi connectivity index (χ2n) is 11.6. The Morgan fingerprint density at radius 2 is 0.812 bits per heavy atom. The van der Waals surface area contributed by atoms with Crippen LogP contribution < -0.4 is 0 Å². The van der Waals surface area contributed by atoms with E-state index in [1.54, 1.807) is 0 Å². The fourth-order valence-corrected chi connectivity index (χ4v) is 6.39. The van der Waals surface area contributed by atoms with Crippen molar-refractivity contribution in [3.05, 3.63) is 170 Å². The van der Waals surface area contributed by atoms with Gasteiger partial charge in [-0.25, -0.2) is 19.9 Å². The zero-order chi connectivity index (χ0) is 31.9. The Balaban J connectivity index is 1.06. The summed E-state index contributed by atoms with van der Waals surface area (Å²) in [5, 5.41) is 2.50. The third-order valence-electron chi connectivity index (χ3n) is 8.71. The van der Waals surface area contributed by atoms with Crippen LogP contribution in [0.15, 0.2) is 170 Å². The van der Waals surface area contributed by atoms with Gasteiger partial charge in [0.15, 0.2) is 17.5 Å². The lowest BCUT2D eigenvalue weighted by Crippen LogP contribution is -2.01. The van der Waals surface area contributed by atoms with Gasteiger partial charge in [-0.3, -0.25) is 4.57 Å². The van der Waals surface area contributed by atoms with E-state index in [0.29, 0.717) is 17.5 Å². The van der Waals surface area contributed by atoms with Crippen molar-refractivity contribution in [2.75, 3.05) is 0 Å². The van der Waals surface area contributed by atoms with Crippen molar-refractivity contribution in [2.45, 2.75) is 0 Å². The molecule has 0 fully saturated rings. The Morgan fingerprint density at radius 1 is 0.375 bits per heavy atom. The molecule has 48 heavy (non-hydrogen) atoms. The van der Waals surface area contributed by atoms with E-state index in [2.05, 4.69) is 106 Å².